The molecule has 0 unspecified atom stereocenters. The largest absolute Gasteiger partial charge is 0.460 e. The molecule has 8 atom stereocenters. The number of fused-ring (bicyclic) bond motifs is 5. The highest BCUT2D eigenvalue weighted by Gasteiger charge is 2.59. The van der Waals surface area contributed by atoms with Gasteiger partial charge in [-0.1, -0.05) is 59.5 Å². The number of carbonyl (C=O) groups is 1. The normalized spacial score (nSPS) is 43.9. The van der Waals surface area contributed by atoms with Crippen molar-refractivity contribution in [3.63, 3.8) is 0 Å². The molecule has 3 saturated carbocycles. The Kier molecular flexibility index (Phi) is 6.44. The third kappa shape index (κ3) is 3.79. The fraction of sp³-hybridized carbons (Fsp3) is 0.893. The van der Waals surface area contributed by atoms with E-state index < -0.39 is 0 Å². The number of ether oxygens (including phenoxy) is 1. The molecule has 4 aliphatic carbocycles. The number of allylic oxidation sites excluding steroid dienone is 1. The van der Waals surface area contributed by atoms with Gasteiger partial charge < -0.3 is 4.74 Å². The van der Waals surface area contributed by atoms with Crippen LogP contribution in [0.4, 0.5) is 0 Å². The van der Waals surface area contributed by atoms with Gasteiger partial charge in [0.2, 0.25) is 0 Å². The first kappa shape index (κ1) is 22.4. The Balaban J connectivity index is 1.47. The van der Waals surface area contributed by atoms with E-state index in [4.69, 9.17) is 4.74 Å². The van der Waals surface area contributed by atoms with Gasteiger partial charge in [-0.05, 0) is 104 Å². The zero-order chi connectivity index (χ0) is 21.5. The molecule has 0 aromatic heterocycles. The van der Waals surface area contributed by atoms with Gasteiger partial charge in [0.1, 0.15) is 6.10 Å². The zero-order valence-corrected chi connectivity index (χ0v) is 20.3. The van der Waals surface area contributed by atoms with E-state index in [0.717, 1.165) is 41.9 Å². The molecule has 0 aliphatic heterocycles. The molecule has 0 heterocycles. The van der Waals surface area contributed by atoms with E-state index in [9.17, 15) is 4.79 Å². The summed E-state index contributed by atoms with van der Waals surface area (Å²) in [5.74, 6) is 5.39. The highest BCUT2D eigenvalue weighted by molar-refractivity contribution is 5.39. The summed E-state index contributed by atoms with van der Waals surface area (Å²) in [6, 6.07) is 0. The first-order valence-corrected chi connectivity index (χ1v) is 13.1. The maximum absolute atomic E-state index is 10.8. The van der Waals surface area contributed by atoms with Crippen LogP contribution in [-0.2, 0) is 9.53 Å². The van der Waals surface area contributed by atoms with Crippen LogP contribution in [0, 0.1) is 46.3 Å². The highest BCUT2D eigenvalue weighted by Crippen LogP contribution is 2.67. The van der Waals surface area contributed by atoms with Gasteiger partial charge in [-0.2, -0.15) is 0 Å². The van der Waals surface area contributed by atoms with Gasteiger partial charge in [-0.25, -0.2) is 0 Å². The second-order valence-electron chi connectivity index (χ2n) is 12.4. The summed E-state index contributed by atoms with van der Waals surface area (Å²) in [6.07, 6.45) is 17.2. The molecule has 0 saturated heterocycles. The van der Waals surface area contributed by atoms with Crippen molar-refractivity contribution in [2.45, 2.75) is 111 Å². The Hall–Kier alpha value is -0.790. The highest BCUT2D eigenvalue weighted by atomic mass is 16.5. The Morgan fingerprint density at radius 1 is 1.03 bits per heavy atom. The predicted molar refractivity (Wildman–Crippen MR) is 124 cm³/mol. The quantitative estimate of drug-likeness (QED) is 0.317. The Bertz CT molecular complexity index is 651. The number of hydrogen-bond donors (Lipinski definition) is 0. The molecule has 0 spiro atoms. The molecule has 4 rings (SSSR count). The van der Waals surface area contributed by atoms with Gasteiger partial charge in [-0.15, -0.1) is 0 Å². The summed E-state index contributed by atoms with van der Waals surface area (Å²) in [4.78, 5) is 10.8. The molecule has 4 aliphatic rings. The summed E-state index contributed by atoms with van der Waals surface area (Å²) in [6.45, 7) is 13.2. The van der Waals surface area contributed by atoms with Crippen molar-refractivity contribution in [1.82, 2.24) is 0 Å². The number of carbonyl (C=O) groups excluding carboxylic acids is 1. The average molecular weight is 415 g/mol. The predicted octanol–water partition coefficient (Wildman–Crippen LogP) is 7.57. The molecule has 0 radical (unpaired) electrons. The smallest absolute Gasteiger partial charge is 0.293 e. The van der Waals surface area contributed by atoms with Gasteiger partial charge in [-0.3, -0.25) is 4.79 Å². The zero-order valence-electron chi connectivity index (χ0n) is 20.3. The minimum atomic E-state index is 0.0264. The van der Waals surface area contributed by atoms with Crippen molar-refractivity contribution in [2.75, 3.05) is 0 Å². The monoisotopic (exact) mass is 414 g/mol. The van der Waals surface area contributed by atoms with Crippen LogP contribution < -0.4 is 0 Å². The summed E-state index contributed by atoms with van der Waals surface area (Å²) < 4.78 is 5.33. The first-order valence-electron chi connectivity index (χ1n) is 13.1. The molecule has 170 valence electrons. The van der Waals surface area contributed by atoms with Gasteiger partial charge in [0.05, 0.1) is 0 Å². The molecule has 0 aromatic rings. The van der Waals surface area contributed by atoms with Crippen LogP contribution in [0.2, 0.25) is 0 Å². The van der Waals surface area contributed by atoms with E-state index in [1.165, 1.54) is 64.2 Å². The molecule has 2 nitrogen and oxygen atoms in total. The minimum absolute atomic E-state index is 0.0264. The summed E-state index contributed by atoms with van der Waals surface area (Å²) in [7, 11) is 0. The molecule has 2 heteroatoms. The van der Waals surface area contributed by atoms with Crippen LogP contribution in [0.15, 0.2) is 11.6 Å². The average Bonchev–Trinajstić information content (AvgIpc) is 3.05. The third-order valence-corrected chi connectivity index (χ3v) is 10.5. The first-order chi connectivity index (χ1) is 14.3. The van der Waals surface area contributed by atoms with E-state index in [2.05, 4.69) is 40.7 Å². The fourth-order valence-corrected chi connectivity index (χ4v) is 8.90. The van der Waals surface area contributed by atoms with Crippen LogP contribution in [0.1, 0.15) is 105 Å². The van der Waals surface area contributed by atoms with Crippen LogP contribution in [0.3, 0.4) is 0 Å². The molecule has 0 bridgehead atoms. The van der Waals surface area contributed by atoms with E-state index in [1.54, 1.807) is 5.57 Å². The molecule has 0 amide bonds. The molecule has 3 fully saturated rings. The maximum atomic E-state index is 10.8. The lowest BCUT2D eigenvalue weighted by Gasteiger charge is -2.59. The van der Waals surface area contributed by atoms with Gasteiger partial charge in [0, 0.05) is 0 Å². The maximum Gasteiger partial charge on any atom is 0.293 e. The van der Waals surface area contributed by atoms with Crippen molar-refractivity contribution < 1.29 is 9.53 Å². The molecular formula is C28H46O2. The number of hydrogen-bond acceptors (Lipinski definition) is 2. The standard InChI is InChI=1S/C28H46O2/c1-19(2)7-6-8-20(3)24-11-12-25-23-10-9-21-17-22(30-18-29)13-15-27(21,4)26(23)14-16-28(24,25)5/h17-20,22-26H,6-16H2,1-5H3/t20-,22+,23+,24-,25+,26+,27+,28-/m1/s1. The van der Waals surface area contributed by atoms with Crippen molar-refractivity contribution in [2.24, 2.45) is 46.3 Å². The van der Waals surface area contributed by atoms with Crippen LogP contribution >= 0.6 is 0 Å². The lowest BCUT2D eigenvalue weighted by atomic mass is 9.46. The van der Waals surface area contributed by atoms with E-state index in [1.807, 2.05) is 0 Å². The SMILES string of the molecule is CC(C)CCC[C@@H](C)[C@H]1CC[C@H]2[C@@H]3CCC4=C[C@@H](OC=O)CC[C@]4(C)[C@H]3CC[C@]12C. The summed E-state index contributed by atoms with van der Waals surface area (Å²) in [5, 5.41) is 0. The van der Waals surface area contributed by atoms with E-state index in [0.29, 0.717) is 17.3 Å². The molecular weight excluding hydrogens is 368 g/mol. The Morgan fingerprint density at radius 3 is 2.57 bits per heavy atom. The second kappa shape index (κ2) is 8.62. The summed E-state index contributed by atoms with van der Waals surface area (Å²) >= 11 is 0. The van der Waals surface area contributed by atoms with Crippen LogP contribution in [0.25, 0.3) is 0 Å². The van der Waals surface area contributed by atoms with Crippen molar-refractivity contribution >= 4 is 6.47 Å². The Labute approximate surface area is 185 Å². The Morgan fingerprint density at radius 2 is 1.83 bits per heavy atom. The molecule has 0 aromatic carbocycles. The number of rotatable bonds is 7. The summed E-state index contributed by atoms with van der Waals surface area (Å²) in [5.41, 5.74) is 2.55. The van der Waals surface area contributed by atoms with Crippen LogP contribution in [0.5, 0.6) is 0 Å². The van der Waals surface area contributed by atoms with Gasteiger partial charge in [0.15, 0.2) is 0 Å². The molecule has 30 heavy (non-hydrogen) atoms. The lowest BCUT2D eigenvalue weighted by Crippen LogP contribution is -2.51. The topological polar surface area (TPSA) is 26.3 Å². The van der Waals surface area contributed by atoms with E-state index in [-0.39, 0.29) is 6.10 Å². The van der Waals surface area contributed by atoms with Gasteiger partial charge >= 0.3 is 0 Å². The lowest BCUT2D eigenvalue weighted by molar-refractivity contribution is -0.133. The molecule has 0 N–H and O–H groups in total. The van der Waals surface area contributed by atoms with Crippen molar-refractivity contribution in [3.05, 3.63) is 11.6 Å². The van der Waals surface area contributed by atoms with Crippen LogP contribution in [-0.4, -0.2) is 12.6 Å². The minimum Gasteiger partial charge on any atom is -0.460 e. The second-order valence-corrected chi connectivity index (χ2v) is 12.4. The van der Waals surface area contributed by atoms with Crippen molar-refractivity contribution in [1.29, 1.82) is 0 Å². The van der Waals surface area contributed by atoms with Crippen molar-refractivity contribution in [3.8, 4) is 0 Å². The van der Waals surface area contributed by atoms with Gasteiger partial charge in [0.25, 0.3) is 6.47 Å². The third-order valence-electron chi connectivity index (χ3n) is 10.5. The van der Waals surface area contributed by atoms with E-state index >= 15 is 0 Å². The fourth-order valence-electron chi connectivity index (χ4n) is 8.90.